The number of piperazine rings is 1. The Morgan fingerprint density at radius 2 is 2.11 bits per heavy atom. The topological polar surface area (TPSA) is 78.9 Å². The number of carbonyl (C=O) groups excluding carboxylic acids is 1. The molecule has 2 rings (SSSR count). The molecule has 18 heavy (non-hydrogen) atoms. The number of carboxylic acids is 1. The highest BCUT2D eigenvalue weighted by Gasteiger charge is 2.31. The number of nitrogens with one attached hydrogen (secondary N) is 1. The van der Waals surface area contributed by atoms with Gasteiger partial charge in [-0.25, -0.2) is 4.79 Å². The fourth-order valence-electron chi connectivity index (χ4n) is 1.91. The molecule has 0 bridgehead atoms. The van der Waals surface area contributed by atoms with Crippen molar-refractivity contribution in [3.05, 3.63) is 24.3 Å². The van der Waals surface area contributed by atoms with Crippen LogP contribution in [0, 0.1) is 0 Å². The van der Waals surface area contributed by atoms with E-state index in [9.17, 15) is 9.59 Å². The summed E-state index contributed by atoms with van der Waals surface area (Å²) in [6, 6.07) is 6.22. The second-order valence-corrected chi connectivity index (χ2v) is 3.98. The van der Waals surface area contributed by atoms with E-state index in [0.717, 1.165) is 0 Å². The molecule has 0 aliphatic carbocycles. The number of rotatable bonds is 3. The van der Waals surface area contributed by atoms with Gasteiger partial charge in [-0.3, -0.25) is 4.79 Å². The molecule has 2 N–H and O–H groups in total. The number of aliphatic carboxylic acids is 1. The molecule has 0 spiro atoms. The Bertz CT molecular complexity index is 458. The number of nitrogens with zero attached hydrogens (tertiary/aromatic N) is 1. The Labute approximate surface area is 104 Å². The van der Waals surface area contributed by atoms with Gasteiger partial charge in [-0.15, -0.1) is 0 Å². The maximum Gasteiger partial charge on any atom is 0.328 e. The second kappa shape index (κ2) is 4.95. The molecule has 6 nitrogen and oxygen atoms in total. The molecule has 1 atom stereocenters. The van der Waals surface area contributed by atoms with Crippen LogP contribution in [0.15, 0.2) is 24.3 Å². The number of methoxy groups -OCH3 is 1. The van der Waals surface area contributed by atoms with Crippen LogP contribution < -0.4 is 15.0 Å². The van der Waals surface area contributed by atoms with Crippen molar-refractivity contribution in [2.75, 3.05) is 25.1 Å². The van der Waals surface area contributed by atoms with Crippen LogP contribution in [0.5, 0.6) is 5.75 Å². The standard InChI is InChI=1S/C12H14N2O4/c1-18-9-4-2-8(3-5-9)14-7-11(15)13-6-10(14)12(16)17/h2-5,10H,6-7H2,1H3,(H,13,15)(H,16,17). The third kappa shape index (κ3) is 2.37. The Hall–Kier alpha value is -2.24. The fraction of sp³-hybridized carbons (Fsp3) is 0.333. The van der Waals surface area contributed by atoms with E-state index in [1.54, 1.807) is 36.3 Å². The van der Waals surface area contributed by atoms with Gasteiger partial charge in [0, 0.05) is 12.2 Å². The van der Waals surface area contributed by atoms with Crippen molar-refractivity contribution >= 4 is 17.6 Å². The molecule has 1 saturated heterocycles. The average molecular weight is 250 g/mol. The average Bonchev–Trinajstić information content (AvgIpc) is 2.38. The van der Waals surface area contributed by atoms with Crippen molar-refractivity contribution in [3.8, 4) is 5.75 Å². The van der Waals surface area contributed by atoms with Crippen LogP contribution in [0.3, 0.4) is 0 Å². The molecule has 0 aromatic heterocycles. The first-order chi connectivity index (χ1) is 8.61. The van der Waals surface area contributed by atoms with Crippen molar-refractivity contribution < 1.29 is 19.4 Å². The summed E-state index contributed by atoms with van der Waals surface area (Å²) < 4.78 is 5.04. The summed E-state index contributed by atoms with van der Waals surface area (Å²) in [5.41, 5.74) is 0.693. The maximum atomic E-state index is 11.4. The molecular formula is C12H14N2O4. The van der Waals surface area contributed by atoms with Crippen LogP contribution in [0.1, 0.15) is 0 Å². The summed E-state index contributed by atoms with van der Waals surface area (Å²) in [4.78, 5) is 24.1. The van der Waals surface area contributed by atoms with E-state index in [0.29, 0.717) is 11.4 Å². The van der Waals surface area contributed by atoms with Crippen LogP contribution in [0.25, 0.3) is 0 Å². The summed E-state index contributed by atoms with van der Waals surface area (Å²) >= 11 is 0. The predicted octanol–water partition coefficient (Wildman–Crippen LogP) is 0.0846. The van der Waals surface area contributed by atoms with Crippen molar-refractivity contribution in [1.29, 1.82) is 0 Å². The zero-order valence-corrected chi connectivity index (χ0v) is 9.92. The third-order valence-electron chi connectivity index (χ3n) is 2.87. The van der Waals surface area contributed by atoms with Gasteiger partial charge < -0.3 is 20.1 Å². The molecule has 1 aliphatic rings. The minimum absolute atomic E-state index is 0.0449. The van der Waals surface area contributed by atoms with Gasteiger partial charge in [0.1, 0.15) is 11.8 Å². The third-order valence-corrected chi connectivity index (χ3v) is 2.87. The van der Waals surface area contributed by atoms with E-state index in [-0.39, 0.29) is 19.0 Å². The molecule has 1 heterocycles. The summed E-state index contributed by atoms with van der Waals surface area (Å²) in [6.45, 7) is 0.156. The van der Waals surface area contributed by atoms with Gasteiger partial charge in [0.25, 0.3) is 0 Å². The number of carboxylic acid groups (broad SMARTS) is 1. The van der Waals surface area contributed by atoms with Crippen LogP contribution in [-0.4, -0.2) is 43.2 Å². The number of benzene rings is 1. The number of carbonyl (C=O) groups is 2. The first-order valence-electron chi connectivity index (χ1n) is 5.52. The first kappa shape index (κ1) is 12.2. The molecule has 0 saturated carbocycles. The van der Waals surface area contributed by atoms with E-state index >= 15 is 0 Å². The molecule has 1 aliphatic heterocycles. The van der Waals surface area contributed by atoms with E-state index in [4.69, 9.17) is 9.84 Å². The van der Waals surface area contributed by atoms with Gasteiger partial charge in [-0.1, -0.05) is 0 Å². The quantitative estimate of drug-likeness (QED) is 0.794. The molecular weight excluding hydrogens is 236 g/mol. The zero-order chi connectivity index (χ0) is 13.1. The lowest BCUT2D eigenvalue weighted by molar-refractivity contribution is -0.139. The molecule has 1 aromatic carbocycles. The Balaban J connectivity index is 2.25. The minimum atomic E-state index is -0.953. The lowest BCUT2D eigenvalue weighted by Gasteiger charge is -2.34. The SMILES string of the molecule is COc1ccc(N2CC(=O)NCC2C(=O)O)cc1. The minimum Gasteiger partial charge on any atom is -0.497 e. The van der Waals surface area contributed by atoms with Gasteiger partial charge in [-0.05, 0) is 24.3 Å². The summed E-state index contributed by atoms with van der Waals surface area (Å²) in [5, 5.41) is 11.7. The largest absolute Gasteiger partial charge is 0.497 e. The van der Waals surface area contributed by atoms with Crippen LogP contribution >= 0.6 is 0 Å². The smallest absolute Gasteiger partial charge is 0.328 e. The van der Waals surface area contributed by atoms with Crippen LogP contribution in [-0.2, 0) is 9.59 Å². The van der Waals surface area contributed by atoms with Gasteiger partial charge in [0.05, 0.1) is 13.7 Å². The highest BCUT2D eigenvalue weighted by Crippen LogP contribution is 2.22. The number of ether oxygens (including phenoxy) is 1. The van der Waals surface area contributed by atoms with E-state index in [1.165, 1.54) is 0 Å². The zero-order valence-electron chi connectivity index (χ0n) is 9.92. The van der Waals surface area contributed by atoms with Crippen molar-refractivity contribution in [2.45, 2.75) is 6.04 Å². The molecule has 1 fully saturated rings. The summed E-state index contributed by atoms with van der Waals surface area (Å²) in [5.74, 6) is -0.443. The fourth-order valence-corrected chi connectivity index (χ4v) is 1.91. The predicted molar refractivity (Wildman–Crippen MR) is 64.8 cm³/mol. The van der Waals surface area contributed by atoms with Crippen molar-refractivity contribution in [2.24, 2.45) is 0 Å². The lowest BCUT2D eigenvalue weighted by atomic mass is 10.1. The lowest BCUT2D eigenvalue weighted by Crippen LogP contribution is -2.57. The normalized spacial score (nSPS) is 19.3. The Morgan fingerprint density at radius 1 is 1.44 bits per heavy atom. The molecule has 1 amide bonds. The molecule has 1 unspecified atom stereocenters. The highest BCUT2D eigenvalue weighted by molar-refractivity contribution is 5.89. The molecule has 96 valence electrons. The van der Waals surface area contributed by atoms with Crippen molar-refractivity contribution in [1.82, 2.24) is 5.32 Å². The van der Waals surface area contributed by atoms with Crippen LogP contribution in [0.2, 0.25) is 0 Å². The molecule has 6 heteroatoms. The Kier molecular flexibility index (Phi) is 3.36. The van der Waals surface area contributed by atoms with Gasteiger partial charge >= 0.3 is 5.97 Å². The number of anilines is 1. The van der Waals surface area contributed by atoms with Gasteiger partial charge in [0.15, 0.2) is 0 Å². The number of hydrogen-bond acceptors (Lipinski definition) is 4. The number of hydrogen-bond donors (Lipinski definition) is 2. The van der Waals surface area contributed by atoms with E-state index in [2.05, 4.69) is 5.32 Å². The van der Waals surface area contributed by atoms with Gasteiger partial charge in [-0.2, -0.15) is 0 Å². The first-order valence-corrected chi connectivity index (χ1v) is 5.52. The van der Waals surface area contributed by atoms with E-state index < -0.39 is 12.0 Å². The molecule has 1 aromatic rings. The van der Waals surface area contributed by atoms with Crippen molar-refractivity contribution in [3.63, 3.8) is 0 Å². The summed E-state index contributed by atoms with van der Waals surface area (Å²) in [7, 11) is 1.56. The maximum absolute atomic E-state index is 11.4. The monoisotopic (exact) mass is 250 g/mol. The molecule has 0 radical (unpaired) electrons. The van der Waals surface area contributed by atoms with E-state index in [1.807, 2.05) is 0 Å². The highest BCUT2D eigenvalue weighted by atomic mass is 16.5. The summed E-state index contributed by atoms with van der Waals surface area (Å²) in [6.07, 6.45) is 0. The second-order valence-electron chi connectivity index (χ2n) is 3.98. The Morgan fingerprint density at radius 3 is 2.67 bits per heavy atom. The van der Waals surface area contributed by atoms with Crippen LogP contribution in [0.4, 0.5) is 5.69 Å². The van der Waals surface area contributed by atoms with Gasteiger partial charge in [0.2, 0.25) is 5.91 Å². The number of amides is 1.